The Hall–Kier alpha value is -1.26. The van der Waals surface area contributed by atoms with Crippen LogP contribution in [0, 0.1) is 0 Å². The lowest BCUT2D eigenvalue weighted by Crippen LogP contribution is -2.58. The Balaban J connectivity index is 2.69. The molecule has 116 valence electrons. The Morgan fingerprint density at radius 2 is 1.70 bits per heavy atom. The van der Waals surface area contributed by atoms with Crippen molar-refractivity contribution in [3.05, 3.63) is 0 Å². The minimum absolute atomic E-state index is 0.00931. The third kappa shape index (κ3) is 4.69. The summed E-state index contributed by atoms with van der Waals surface area (Å²) in [6.07, 6.45) is 6.29. The molecule has 0 unspecified atom stereocenters. The zero-order valence-electron chi connectivity index (χ0n) is 12.9. The first-order valence-corrected chi connectivity index (χ1v) is 7.67. The van der Waals surface area contributed by atoms with Crippen LogP contribution >= 0.6 is 0 Å². The van der Waals surface area contributed by atoms with Crippen LogP contribution in [-0.2, 0) is 4.79 Å². The third-order valence-corrected chi connectivity index (χ3v) is 4.65. The first-order valence-electron chi connectivity index (χ1n) is 7.67. The minimum atomic E-state index is -0.846. The number of carboxylic acids is 1. The molecule has 0 aromatic heterocycles. The molecule has 0 radical (unpaired) electrons. The van der Waals surface area contributed by atoms with Gasteiger partial charge in [-0.25, -0.2) is 4.79 Å². The summed E-state index contributed by atoms with van der Waals surface area (Å²) in [5.41, 5.74) is -0.806. The molecule has 1 aliphatic rings. The summed E-state index contributed by atoms with van der Waals surface area (Å²) in [6.45, 7) is 6.09. The summed E-state index contributed by atoms with van der Waals surface area (Å²) in [5.74, 6) is -0.846. The molecule has 5 heteroatoms. The van der Waals surface area contributed by atoms with E-state index in [9.17, 15) is 9.59 Å². The molecule has 0 aromatic rings. The molecule has 0 bridgehead atoms. The minimum Gasteiger partial charge on any atom is -0.481 e. The van der Waals surface area contributed by atoms with Crippen molar-refractivity contribution in [2.75, 3.05) is 0 Å². The van der Waals surface area contributed by atoms with E-state index in [1.165, 1.54) is 0 Å². The van der Waals surface area contributed by atoms with E-state index in [0.717, 1.165) is 44.9 Å². The van der Waals surface area contributed by atoms with E-state index in [-0.39, 0.29) is 18.0 Å². The molecule has 0 spiro atoms. The molecule has 0 aliphatic heterocycles. The molecule has 2 amide bonds. The van der Waals surface area contributed by atoms with Crippen LogP contribution < -0.4 is 10.6 Å². The molecule has 0 heterocycles. The molecule has 20 heavy (non-hydrogen) atoms. The average Bonchev–Trinajstić information content (AvgIpc) is 2.38. The first-order chi connectivity index (χ1) is 9.35. The van der Waals surface area contributed by atoms with Gasteiger partial charge in [0, 0.05) is 5.54 Å². The molecule has 1 rings (SSSR count). The normalized spacial score (nSPS) is 18.4. The highest BCUT2D eigenvalue weighted by Crippen LogP contribution is 2.31. The Labute approximate surface area is 121 Å². The maximum absolute atomic E-state index is 12.2. The van der Waals surface area contributed by atoms with Gasteiger partial charge in [0.05, 0.1) is 12.0 Å². The number of hydrogen-bond acceptors (Lipinski definition) is 2. The van der Waals surface area contributed by atoms with Crippen LogP contribution in [0.2, 0.25) is 0 Å². The Morgan fingerprint density at radius 1 is 1.15 bits per heavy atom. The van der Waals surface area contributed by atoms with Gasteiger partial charge in [-0.2, -0.15) is 0 Å². The predicted octanol–water partition coefficient (Wildman–Crippen LogP) is 3.04. The SMILES string of the molecule is CCC(C)(CC)NC(=O)NC1(CC(=O)O)CCCCC1. The summed E-state index contributed by atoms with van der Waals surface area (Å²) < 4.78 is 0. The number of carbonyl (C=O) groups excluding carboxylic acids is 1. The van der Waals surface area contributed by atoms with Crippen molar-refractivity contribution in [1.29, 1.82) is 0 Å². The fourth-order valence-electron chi connectivity index (χ4n) is 2.84. The van der Waals surface area contributed by atoms with Crippen molar-refractivity contribution in [1.82, 2.24) is 10.6 Å². The lowest BCUT2D eigenvalue weighted by Gasteiger charge is -2.38. The lowest BCUT2D eigenvalue weighted by molar-refractivity contribution is -0.139. The topological polar surface area (TPSA) is 78.4 Å². The summed E-state index contributed by atoms with van der Waals surface area (Å²) >= 11 is 0. The molecule has 1 aliphatic carbocycles. The van der Waals surface area contributed by atoms with E-state index in [4.69, 9.17) is 5.11 Å². The summed E-state index contributed by atoms with van der Waals surface area (Å²) in [7, 11) is 0. The Bertz CT molecular complexity index is 345. The van der Waals surface area contributed by atoms with E-state index in [1.807, 2.05) is 20.8 Å². The van der Waals surface area contributed by atoms with E-state index >= 15 is 0 Å². The second-order valence-electron chi connectivity index (χ2n) is 6.26. The largest absolute Gasteiger partial charge is 0.481 e. The van der Waals surface area contributed by atoms with Gasteiger partial charge in [-0.1, -0.05) is 33.1 Å². The van der Waals surface area contributed by atoms with Gasteiger partial charge in [0.2, 0.25) is 0 Å². The van der Waals surface area contributed by atoms with Gasteiger partial charge in [-0.15, -0.1) is 0 Å². The molecule has 0 saturated heterocycles. The van der Waals surface area contributed by atoms with Gasteiger partial charge < -0.3 is 15.7 Å². The number of nitrogens with one attached hydrogen (secondary N) is 2. The van der Waals surface area contributed by atoms with Gasteiger partial charge in [-0.05, 0) is 32.6 Å². The molecular weight excluding hydrogens is 256 g/mol. The number of urea groups is 1. The zero-order valence-corrected chi connectivity index (χ0v) is 12.9. The van der Waals surface area contributed by atoms with Crippen molar-refractivity contribution in [3.8, 4) is 0 Å². The molecular formula is C15H28N2O3. The molecule has 1 saturated carbocycles. The number of carboxylic acid groups (broad SMARTS) is 1. The summed E-state index contributed by atoms with van der Waals surface area (Å²) in [5, 5.41) is 15.0. The van der Waals surface area contributed by atoms with Crippen LogP contribution in [0.5, 0.6) is 0 Å². The number of amides is 2. The average molecular weight is 284 g/mol. The van der Waals surface area contributed by atoms with Gasteiger partial charge >= 0.3 is 12.0 Å². The van der Waals surface area contributed by atoms with Crippen molar-refractivity contribution >= 4 is 12.0 Å². The van der Waals surface area contributed by atoms with Crippen LogP contribution in [0.15, 0.2) is 0 Å². The second-order valence-corrected chi connectivity index (χ2v) is 6.26. The monoisotopic (exact) mass is 284 g/mol. The van der Waals surface area contributed by atoms with Crippen LogP contribution in [0.3, 0.4) is 0 Å². The van der Waals surface area contributed by atoms with E-state index < -0.39 is 11.5 Å². The first kappa shape index (κ1) is 16.8. The standard InChI is InChI=1S/C15H28N2O3/c1-4-14(3,5-2)16-13(20)17-15(11-12(18)19)9-7-6-8-10-15/h4-11H2,1-3H3,(H,18,19)(H2,16,17,20). The third-order valence-electron chi connectivity index (χ3n) is 4.65. The lowest BCUT2D eigenvalue weighted by atomic mass is 9.79. The summed E-state index contributed by atoms with van der Waals surface area (Å²) in [4.78, 5) is 23.3. The van der Waals surface area contributed by atoms with Crippen LogP contribution in [0.1, 0.15) is 72.1 Å². The highest BCUT2D eigenvalue weighted by molar-refractivity contribution is 5.77. The zero-order chi connectivity index (χ0) is 15.2. The highest BCUT2D eigenvalue weighted by atomic mass is 16.4. The number of aliphatic carboxylic acids is 1. The van der Waals surface area contributed by atoms with Crippen molar-refractivity contribution < 1.29 is 14.7 Å². The van der Waals surface area contributed by atoms with Crippen LogP contribution in [-0.4, -0.2) is 28.2 Å². The van der Waals surface area contributed by atoms with Crippen LogP contribution in [0.4, 0.5) is 4.79 Å². The predicted molar refractivity (Wildman–Crippen MR) is 78.7 cm³/mol. The van der Waals surface area contributed by atoms with Gasteiger partial charge in [0.1, 0.15) is 0 Å². The fourth-order valence-corrected chi connectivity index (χ4v) is 2.84. The quantitative estimate of drug-likeness (QED) is 0.701. The molecule has 5 nitrogen and oxygen atoms in total. The van der Waals surface area contributed by atoms with E-state index in [2.05, 4.69) is 10.6 Å². The number of hydrogen-bond donors (Lipinski definition) is 3. The van der Waals surface area contributed by atoms with E-state index in [0.29, 0.717) is 0 Å². The maximum atomic E-state index is 12.2. The molecule has 0 atom stereocenters. The summed E-state index contributed by atoms with van der Waals surface area (Å²) in [6, 6.07) is -0.237. The van der Waals surface area contributed by atoms with Gasteiger partial charge in [-0.3, -0.25) is 4.79 Å². The van der Waals surface area contributed by atoms with Crippen LogP contribution in [0.25, 0.3) is 0 Å². The van der Waals surface area contributed by atoms with Gasteiger partial charge in [0.15, 0.2) is 0 Å². The molecule has 3 N–H and O–H groups in total. The smallest absolute Gasteiger partial charge is 0.315 e. The Kier molecular flexibility index (Phi) is 5.84. The fraction of sp³-hybridized carbons (Fsp3) is 0.867. The van der Waals surface area contributed by atoms with Crippen molar-refractivity contribution in [3.63, 3.8) is 0 Å². The molecule has 0 aromatic carbocycles. The number of carbonyl (C=O) groups is 2. The number of rotatable bonds is 6. The van der Waals surface area contributed by atoms with E-state index in [1.54, 1.807) is 0 Å². The maximum Gasteiger partial charge on any atom is 0.315 e. The van der Waals surface area contributed by atoms with Crippen molar-refractivity contribution in [2.45, 2.75) is 83.2 Å². The second kappa shape index (κ2) is 6.95. The van der Waals surface area contributed by atoms with Crippen molar-refractivity contribution in [2.24, 2.45) is 0 Å². The highest BCUT2D eigenvalue weighted by Gasteiger charge is 2.36. The van der Waals surface area contributed by atoms with Gasteiger partial charge in [0.25, 0.3) is 0 Å². The Morgan fingerprint density at radius 3 is 2.15 bits per heavy atom. The molecule has 1 fully saturated rings.